The van der Waals surface area contributed by atoms with Gasteiger partial charge in [0.2, 0.25) is 11.8 Å². The lowest BCUT2D eigenvalue weighted by Gasteiger charge is -2.35. The number of rotatable bonds is 6. The van der Waals surface area contributed by atoms with Crippen molar-refractivity contribution in [2.24, 2.45) is 11.3 Å². The van der Waals surface area contributed by atoms with Gasteiger partial charge in [0.1, 0.15) is 23.2 Å². The van der Waals surface area contributed by atoms with E-state index >= 15 is 0 Å². The van der Waals surface area contributed by atoms with Crippen LogP contribution in [0.15, 0.2) is 0 Å². The molecule has 0 unspecified atom stereocenters. The SMILES string of the molecule is CC[C@@H]1C[C@]1(NC(=O)[C@@H]1C[C@@H](O)CN1C(=O)[C@@H](NC(=O)OC(C)(C)C)C(C)(C)C)C(=O)O. The van der Waals surface area contributed by atoms with Gasteiger partial charge in [-0.1, -0.05) is 34.1 Å². The second-order valence-electron chi connectivity index (χ2n) is 10.9. The minimum absolute atomic E-state index is 0.00658. The second-order valence-corrected chi connectivity index (χ2v) is 10.9. The molecule has 0 spiro atoms. The van der Waals surface area contributed by atoms with Crippen molar-refractivity contribution in [3.05, 3.63) is 0 Å². The topological polar surface area (TPSA) is 145 Å². The molecule has 10 nitrogen and oxygen atoms in total. The van der Waals surface area contributed by atoms with E-state index in [9.17, 15) is 29.4 Å². The zero-order valence-corrected chi connectivity index (χ0v) is 20.0. The van der Waals surface area contributed by atoms with Crippen molar-refractivity contribution in [2.45, 2.75) is 97.1 Å². The van der Waals surface area contributed by atoms with Crippen LogP contribution < -0.4 is 10.6 Å². The molecule has 10 heteroatoms. The Kier molecular flexibility index (Phi) is 7.19. The Hall–Kier alpha value is -2.36. The maximum absolute atomic E-state index is 13.4. The molecule has 1 aliphatic carbocycles. The van der Waals surface area contributed by atoms with Gasteiger partial charge in [-0.2, -0.15) is 0 Å². The van der Waals surface area contributed by atoms with E-state index in [-0.39, 0.29) is 18.9 Å². The molecule has 32 heavy (non-hydrogen) atoms. The first-order valence-corrected chi connectivity index (χ1v) is 11.0. The number of carbonyl (C=O) groups excluding carboxylic acids is 3. The summed E-state index contributed by atoms with van der Waals surface area (Å²) >= 11 is 0. The van der Waals surface area contributed by atoms with Gasteiger partial charge < -0.3 is 30.5 Å². The zero-order chi connectivity index (χ0) is 24.6. The first-order chi connectivity index (χ1) is 14.5. The molecular formula is C22H37N3O7. The summed E-state index contributed by atoms with van der Waals surface area (Å²) in [5, 5.41) is 25.0. The molecule has 0 bridgehead atoms. The highest BCUT2D eigenvalue weighted by molar-refractivity contribution is 5.96. The number of nitrogens with zero attached hydrogens (tertiary/aromatic N) is 1. The molecule has 4 N–H and O–H groups in total. The average Bonchev–Trinajstić information content (AvgIpc) is 3.20. The molecule has 182 valence electrons. The van der Waals surface area contributed by atoms with Crippen LogP contribution in [0, 0.1) is 11.3 Å². The number of aliphatic carboxylic acids is 1. The van der Waals surface area contributed by atoms with E-state index in [1.807, 2.05) is 6.92 Å². The minimum atomic E-state index is -1.33. The maximum atomic E-state index is 13.4. The number of hydrogen-bond donors (Lipinski definition) is 4. The van der Waals surface area contributed by atoms with E-state index in [0.717, 1.165) is 0 Å². The summed E-state index contributed by atoms with van der Waals surface area (Å²) in [7, 11) is 0. The van der Waals surface area contributed by atoms with Gasteiger partial charge in [0, 0.05) is 13.0 Å². The lowest BCUT2D eigenvalue weighted by atomic mass is 9.85. The van der Waals surface area contributed by atoms with Crippen molar-refractivity contribution >= 4 is 23.9 Å². The fourth-order valence-corrected chi connectivity index (χ4v) is 4.14. The third kappa shape index (κ3) is 5.70. The third-order valence-corrected chi connectivity index (χ3v) is 5.96. The number of carboxylic acids is 1. The number of carboxylic acid groups (broad SMARTS) is 1. The molecule has 0 radical (unpaired) electrons. The number of alkyl carbamates (subject to hydrolysis) is 1. The lowest BCUT2D eigenvalue weighted by molar-refractivity contribution is -0.146. The summed E-state index contributed by atoms with van der Waals surface area (Å²) in [4.78, 5) is 51.8. The predicted molar refractivity (Wildman–Crippen MR) is 116 cm³/mol. The van der Waals surface area contributed by atoms with E-state index in [2.05, 4.69) is 10.6 Å². The average molecular weight is 456 g/mol. The number of likely N-dealkylation sites (tertiary alicyclic amines) is 1. The Morgan fingerprint density at radius 3 is 2.19 bits per heavy atom. The van der Waals surface area contributed by atoms with Crippen molar-refractivity contribution < 1.29 is 34.1 Å². The molecule has 1 aliphatic heterocycles. The number of nitrogens with one attached hydrogen (secondary N) is 2. The van der Waals surface area contributed by atoms with Gasteiger partial charge in [-0.3, -0.25) is 9.59 Å². The first kappa shape index (κ1) is 25.9. The second kappa shape index (κ2) is 8.88. The van der Waals surface area contributed by atoms with Crippen molar-refractivity contribution in [3.63, 3.8) is 0 Å². The van der Waals surface area contributed by atoms with E-state index < -0.39 is 58.6 Å². The summed E-state index contributed by atoms with van der Waals surface area (Å²) in [5.41, 5.74) is -2.80. The third-order valence-electron chi connectivity index (χ3n) is 5.96. The molecule has 3 amide bonds. The van der Waals surface area contributed by atoms with Crippen LogP contribution in [0.25, 0.3) is 0 Å². The van der Waals surface area contributed by atoms with E-state index in [0.29, 0.717) is 12.8 Å². The molecule has 1 heterocycles. The monoisotopic (exact) mass is 455 g/mol. The van der Waals surface area contributed by atoms with E-state index in [4.69, 9.17) is 4.74 Å². The summed E-state index contributed by atoms with van der Waals surface area (Å²) in [5.74, 6) is -2.42. The largest absolute Gasteiger partial charge is 0.479 e. The lowest BCUT2D eigenvalue weighted by Crippen LogP contribution is -2.59. The maximum Gasteiger partial charge on any atom is 0.408 e. The summed E-state index contributed by atoms with van der Waals surface area (Å²) in [6.45, 7) is 12.2. The van der Waals surface area contributed by atoms with E-state index in [1.165, 1.54) is 4.90 Å². The molecule has 5 atom stereocenters. The van der Waals surface area contributed by atoms with Gasteiger partial charge >= 0.3 is 12.1 Å². The van der Waals surface area contributed by atoms with Crippen molar-refractivity contribution in [1.29, 1.82) is 0 Å². The quantitative estimate of drug-likeness (QED) is 0.472. The van der Waals surface area contributed by atoms with Crippen LogP contribution in [0.4, 0.5) is 4.79 Å². The summed E-state index contributed by atoms with van der Waals surface area (Å²) < 4.78 is 5.28. The number of carbonyl (C=O) groups is 4. The number of ether oxygens (including phenoxy) is 1. The Morgan fingerprint density at radius 2 is 1.75 bits per heavy atom. The Morgan fingerprint density at radius 1 is 1.16 bits per heavy atom. The summed E-state index contributed by atoms with van der Waals surface area (Å²) in [6, 6.07) is -2.05. The number of hydrogen-bond acceptors (Lipinski definition) is 6. The Balaban J connectivity index is 2.21. The van der Waals surface area contributed by atoms with Crippen LogP contribution in [-0.2, 0) is 19.1 Å². The smallest absolute Gasteiger partial charge is 0.408 e. The van der Waals surface area contributed by atoms with Gasteiger partial charge in [0.05, 0.1) is 6.10 Å². The summed E-state index contributed by atoms with van der Waals surface area (Å²) in [6.07, 6.45) is -0.764. The zero-order valence-electron chi connectivity index (χ0n) is 20.0. The molecule has 2 aliphatic rings. The van der Waals surface area contributed by atoms with Gasteiger partial charge in [0.25, 0.3) is 0 Å². The standard InChI is InChI=1S/C22H37N3O7/c1-8-12-10-22(12,18(29)30)24-16(27)14-9-13(26)11-25(14)17(28)15(20(2,3)4)23-19(31)32-21(5,6)7/h12-15,26H,8-11H2,1-7H3,(H,23,31)(H,24,27)(H,29,30)/t12-,13-,14+,15-,22-/m1/s1. The van der Waals surface area contributed by atoms with Crippen LogP contribution >= 0.6 is 0 Å². The normalized spacial score (nSPS) is 28.6. The fourth-order valence-electron chi connectivity index (χ4n) is 4.14. The molecule has 2 rings (SSSR count). The number of β-amino-alcohol motifs (C(OH)–C–C–N with tert-alkyl or cyclic N) is 1. The van der Waals surface area contributed by atoms with Crippen molar-refractivity contribution in [2.75, 3.05) is 6.54 Å². The van der Waals surface area contributed by atoms with Gasteiger partial charge in [-0.05, 0) is 38.5 Å². The first-order valence-electron chi connectivity index (χ1n) is 11.0. The van der Waals surface area contributed by atoms with Crippen LogP contribution in [0.5, 0.6) is 0 Å². The van der Waals surface area contributed by atoms with Crippen molar-refractivity contribution in [3.8, 4) is 0 Å². The molecule has 1 saturated carbocycles. The highest BCUT2D eigenvalue weighted by atomic mass is 16.6. The van der Waals surface area contributed by atoms with Crippen molar-refractivity contribution in [1.82, 2.24) is 15.5 Å². The molecule has 2 fully saturated rings. The fraction of sp³-hybridized carbons (Fsp3) is 0.818. The Bertz CT molecular complexity index is 770. The highest BCUT2D eigenvalue weighted by Gasteiger charge is 2.61. The molecule has 0 aromatic carbocycles. The predicted octanol–water partition coefficient (Wildman–Crippen LogP) is 1.26. The Labute approximate surface area is 189 Å². The van der Waals surface area contributed by atoms with Gasteiger partial charge in [-0.25, -0.2) is 9.59 Å². The molecule has 0 aromatic heterocycles. The molecular weight excluding hydrogens is 418 g/mol. The van der Waals surface area contributed by atoms with Crippen LogP contribution in [0.3, 0.4) is 0 Å². The van der Waals surface area contributed by atoms with Crippen LogP contribution in [0.2, 0.25) is 0 Å². The number of aliphatic hydroxyl groups excluding tert-OH is 1. The number of aliphatic hydroxyl groups is 1. The highest BCUT2D eigenvalue weighted by Crippen LogP contribution is 2.46. The van der Waals surface area contributed by atoms with Crippen LogP contribution in [0.1, 0.15) is 67.7 Å². The van der Waals surface area contributed by atoms with E-state index in [1.54, 1.807) is 41.5 Å². The van der Waals surface area contributed by atoms with Gasteiger partial charge in [0.15, 0.2) is 0 Å². The van der Waals surface area contributed by atoms with Gasteiger partial charge in [-0.15, -0.1) is 0 Å². The molecule has 1 saturated heterocycles. The number of amides is 3. The van der Waals surface area contributed by atoms with Crippen LogP contribution in [-0.4, -0.2) is 74.9 Å². The molecule has 0 aromatic rings. The minimum Gasteiger partial charge on any atom is -0.479 e.